The van der Waals surface area contributed by atoms with Crippen LogP contribution in [-0.4, -0.2) is 43.6 Å². The highest BCUT2D eigenvalue weighted by Gasteiger charge is 2.36. The van der Waals surface area contributed by atoms with E-state index in [4.69, 9.17) is 14.4 Å². The molecular formula is C13H18N2O4S2. The quantitative estimate of drug-likeness (QED) is 0.905. The summed E-state index contributed by atoms with van der Waals surface area (Å²) in [6, 6.07) is 0. The lowest BCUT2D eigenvalue weighted by molar-refractivity contribution is -0.150. The molecule has 0 amide bonds. The molecule has 0 radical (unpaired) electrons. The third-order valence-electron chi connectivity index (χ3n) is 3.87. The van der Waals surface area contributed by atoms with Gasteiger partial charge < -0.3 is 14.4 Å². The fourth-order valence-corrected chi connectivity index (χ4v) is 5.26. The van der Waals surface area contributed by atoms with Crippen LogP contribution >= 0.6 is 23.5 Å². The third kappa shape index (κ3) is 3.22. The van der Waals surface area contributed by atoms with E-state index in [1.165, 1.54) is 0 Å². The van der Waals surface area contributed by atoms with Gasteiger partial charge in [-0.2, -0.15) is 16.7 Å². The first kappa shape index (κ1) is 15.2. The lowest BCUT2D eigenvalue weighted by Gasteiger charge is -2.29. The second kappa shape index (κ2) is 6.18. The lowest BCUT2D eigenvalue weighted by Crippen LogP contribution is -2.22. The normalized spacial score (nSPS) is 36.8. The summed E-state index contributed by atoms with van der Waals surface area (Å²) in [5.74, 6) is 1.15. The van der Waals surface area contributed by atoms with Crippen LogP contribution < -0.4 is 0 Å². The molecule has 0 bridgehead atoms. The van der Waals surface area contributed by atoms with E-state index in [9.17, 15) is 4.79 Å². The summed E-state index contributed by atoms with van der Waals surface area (Å²) in [5.41, 5.74) is 0. The van der Waals surface area contributed by atoms with Crippen molar-refractivity contribution < 1.29 is 19.2 Å². The van der Waals surface area contributed by atoms with Gasteiger partial charge in [0.05, 0.1) is 5.25 Å². The van der Waals surface area contributed by atoms with Crippen molar-refractivity contribution in [2.45, 2.75) is 54.6 Å². The van der Waals surface area contributed by atoms with Crippen molar-refractivity contribution in [3.8, 4) is 0 Å². The Hall–Kier alpha value is -0.730. The zero-order valence-corrected chi connectivity index (χ0v) is 13.5. The smallest absolute Gasteiger partial charge is 0.332 e. The summed E-state index contributed by atoms with van der Waals surface area (Å²) in [5, 5.41) is 14.4. The van der Waals surface area contributed by atoms with Crippen LogP contribution in [0.3, 0.4) is 0 Å². The summed E-state index contributed by atoms with van der Waals surface area (Å²) >= 11 is 3.79. The van der Waals surface area contributed by atoms with Gasteiger partial charge in [0.1, 0.15) is 6.10 Å². The molecule has 21 heavy (non-hydrogen) atoms. The van der Waals surface area contributed by atoms with Gasteiger partial charge in [0.2, 0.25) is 0 Å². The Morgan fingerprint density at radius 1 is 1.33 bits per heavy atom. The minimum absolute atomic E-state index is 0.232. The zero-order chi connectivity index (χ0) is 15.0. The van der Waals surface area contributed by atoms with E-state index >= 15 is 0 Å². The van der Waals surface area contributed by atoms with Crippen LogP contribution in [0.15, 0.2) is 4.52 Å². The predicted molar refractivity (Wildman–Crippen MR) is 80.5 cm³/mol. The highest BCUT2D eigenvalue weighted by atomic mass is 32.2. The maximum atomic E-state index is 10.9. The van der Waals surface area contributed by atoms with Crippen molar-refractivity contribution in [1.29, 1.82) is 0 Å². The van der Waals surface area contributed by atoms with Gasteiger partial charge in [0, 0.05) is 16.3 Å². The van der Waals surface area contributed by atoms with Crippen molar-refractivity contribution in [3.05, 3.63) is 11.7 Å². The topological polar surface area (TPSA) is 85.5 Å². The van der Waals surface area contributed by atoms with Crippen LogP contribution in [0.1, 0.15) is 49.8 Å². The Balaban J connectivity index is 1.66. The van der Waals surface area contributed by atoms with Gasteiger partial charge >= 0.3 is 5.97 Å². The number of hydrogen-bond donors (Lipinski definition) is 1. The average molecular weight is 330 g/mol. The first-order chi connectivity index (χ1) is 10.0. The van der Waals surface area contributed by atoms with Crippen LogP contribution in [0.25, 0.3) is 0 Å². The molecule has 2 saturated heterocycles. The molecule has 8 heteroatoms. The van der Waals surface area contributed by atoms with E-state index in [1.807, 2.05) is 23.5 Å². The Morgan fingerprint density at radius 2 is 2.14 bits per heavy atom. The first-order valence-electron chi connectivity index (χ1n) is 7.03. The fraction of sp³-hybridized carbons (Fsp3) is 0.769. The third-order valence-corrected chi connectivity index (χ3v) is 7.25. The second-order valence-corrected chi connectivity index (χ2v) is 8.38. The Bertz CT molecular complexity index is 524. The fourth-order valence-electron chi connectivity index (χ4n) is 2.43. The van der Waals surface area contributed by atoms with Crippen LogP contribution in [0, 0.1) is 0 Å². The summed E-state index contributed by atoms with van der Waals surface area (Å²) in [7, 11) is 0. The predicted octanol–water partition coefficient (Wildman–Crippen LogP) is 2.67. The van der Waals surface area contributed by atoms with E-state index in [1.54, 1.807) is 0 Å². The molecular weight excluding hydrogens is 312 g/mol. The van der Waals surface area contributed by atoms with E-state index in [0.717, 1.165) is 5.75 Å². The number of rotatable bonds is 3. The lowest BCUT2D eigenvalue weighted by atomic mass is 10.2. The van der Waals surface area contributed by atoms with E-state index in [-0.39, 0.29) is 11.4 Å². The van der Waals surface area contributed by atoms with Gasteiger partial charge in [-0.3, -0.25) is 0 Å². The summed E-state index contributed by atoms with van der Waals surface area (Å²) in [4.78, 5) is 15.3. The molecule has 1 aromatic rings. The molecule has 0 aliphatic carbocycles. The average Bonchev–Trinajstić information content (AvgIpc) is 3.09. The highest BCUT2D eigenvalue weighted by molar-refractivity contribution is 8.07. The maximum Gasteiger partial charge on any atom is 0.332 e. The van der Waals surface area contributed by atoms with Crippen LogP contribution in [-0.2, 0) is 9.53 Å². The van der Waals surface area contributed by atoms with Crippen LogP contribution in [0.5, 0.6) is 0 Å². The van der Waals surface area contributed by atoms with Crippen molar-refractivity contribution in [2.24, 2.45) is 0 Å². The molecule has 6 nitrogen and oxygen atoms in total. The van der Waals surface area contributed by atoms with Crippen molar-refractivity contribution >= 4 is 29.5 Å². The highest BCUT2D eigenvalue weighted by Crippen LogP contribution is 2.43. The molecule has 5 unspecified atom stereocenters. The number of ether oxygens (including phenoxy) is 1. The molecule has 116 valence electrons. The Labute approximate surface area is 131 Å². The standard InChI is InChI=1S/C13H18N2O4S2/c1-6-7(2)21-10(5-20-6)11-14-12(19-15-11)8-3-4-9(18-8)13(16)17/h6-10H,3-5H2,1-2H3,(H,16,17). The molecule has 1 aromatic heterocycles. The van der Waals surface area contributed by atoms with Gasteiger partial charge in [0.25, 0.3) is 5.89 Å². The van der Waals surface area contributed by atoms with Gasteiger partial charge in [-0.05, 0) is 12.8 Å². The van der Waals surface area contributed by atoms with Crippen LogP contribution in [0.2, 0.25) is 0 Å². The largest absolute Gasteiger partial charge is 0.479 e. The number of aromatic nitrogens is 2. The van der Waals surface area contributed by atoms with Gasteiger partial charge in [-0.15, -0.1) is 11.8 Å². The van der Waals surface area contributed by atoms with Crippen LogP contribution in [0.4, 0.5) is 0 Å². The summed E-state index contributed by atoms with van der Waals surface area (Å²) in [6.07, 6.45) is -0.0467. The van der Waals surface area contributed by atoms with Crippen molar-refractivity contribution in [2.75, 3.05) is 5.75 Å². The molecule has 0 saturated carbocycles. The van der Waals surface area contributed by atoms with E-state index < -0.39 is 12.1 Å². The van der Waals surface area contributed by atoms with E-state index in [0.29, 0.717) is 35.1 Å². The van der Waals surface area contributed by atoms with Gasteiger partial charge in [-0.25, -0.2) is 4.79 Å². The molecule has 2 fully saturated rings. The molecule has 2 aliphatic rings. The molecule has 3 rings (SSSR count). The van der Waals surface area contributed by atoms with Gasteiger partial charge in [-0.1, -0.05) is 19.0 Å². The number of carbonyl (C=O) groups is 1. The Morgan fingerprint density at radius 3 is 2.81 bits per heavy atom. The SMILES string of the molecule is CC1SCC(c2noc(C3CCC(C(=O)O)O3)n2)SC1C. The Kier molecular flexibility index (Phi) is 4.46. The number of nitrogens with zero attached hydrogens (tertiary/aromatic N) is 2. The number of hydrogen-bond acceptors (Lipinski definition) is 7. The maximum absolute atomic E-state index is 10.9. The monoisotopic (exact) mass is 330 g/mol. The van der Waals surface area contributed by atoms with Crippen molar-refractivity contribution in [3.63, 3.8) is 0 Å². The molecule has 0 spiro atoms. The number of carboxylic acid groups (broad SMARTS) is 1. The van der Waals surface area contributed by atoms with Gasteiger partial charge in [0.15, 0.2) is 11.9 Å². The molecule has 1 N–H and O–H groups in total. The minimum atomic E-state index is -0.931. The van der Waals surface area contributed by atoms with Crippen molar-refractivity contribution in [1.82, 2.24) is 10.1 Å². The van der Waals surface area contributed by atoms with E-state index in [2.05, 4.69) is 24.0 Å². The second-order valence-electron chi connectivity index (χ2n) is 5.39. The zero-order valence-electron chi connectivity index (χ0n) is 11.9. The molecule has 3 heterocycles. The first-order valence-corrected chi connectivity index (χ1v) is 9.02. The molecule has 2 aliphatic heterocycles. The number of carboxylic acids is 1. The minimum Gasteiger partial charge on any atom is -0.479 e. The summed E-state index contributed by atoms with van der Waals surface area (Å²) < 4.78 is 10.7. The number of aliphatic carboxylic acids is 1. The molecule has 5 atom stereocenters. The number of thioether (sulfide) groups is 2. The molecule has 0 aromatic carbocycles. The summed E-state index contributed by atoms with van der Waals surface area (Å²) in [6.45, 7) is 4.45.